The highest BCUT2D eigenvalue weighted by molar-refractivity contribution is 7.92. The molecule has 0 saturated heterocycles. The van der Waals surface area contributed by atoms with E-state index >= 15 is 0 Å². The summed E-state index contributed by atoms with van der Waals surface area (Å²) in [5.74, 6) is 0.477. The molecule has 0 radical (unpaired) electrons. The summed E-state index contributed by atoms with van der Waals surface area (Å²) in [5.41, 5.74) is 2.65. The van der Waals surface area contributed by atoms with Crippen molar-refractivity contribution in [2.75, 3.05) is 22.8 Å². The number of fused-ring (bicyclic) bond motifs is 1. The van der Waals surface area contributed by atoms with Crippen LogP contribution in [-0.4, -0.2) is 37.7 Å². The normalized spacial score (nSPS) is 13.2. The lowest BCUT2D eigenvalue weighted by molar-refractivity contribution is 0.102. The number of nitrogens with zero attached hydrogens (tertiary/aromatic N) is 3. The van der Waals surface area contributed by atoms with Crippen molar-refractivity contribution < 1.29 is 22.4 Å². The lowest BCUT2D eigenvalue weighted by atomic mass is 10.0. The molecule has 36 heavy (non-hydrogen) atoms. The molecule has 1 aromatic heterocycles. The average molecular weight is 505 g/mol. The predicted octanol–water partition coefficient (Wildman–Crippen LogP) is 4.53. The van der Waals surface area contributed by atoms with Crippen LogP contribution in [0.4, 0.5) is 11.7 Å². The first kappa shape index (κ1) is 23.6. The number of anilines is 2. The fourth-order valence-electron chi connectivity index (χ4n) is 4.07. The fraction of sp³-hybridized carbons (Fsp3) is 0.192. The molecular formula is C26H24N4O5S. The quantitative estimate of drug-likeness (QED) is 0.393. The summed E-state index contributed by atoms with van der Waals surface area (Å²) in [6.45, 7) is 2.88. The number of aromatic nitrogens is 2. The molecule has 184 valence electrons. The van der Waals surface area contributed by atoms with E-state index in [2.05, 4.69) is 15.5 Å². The van der Waals surface area contributed by atoms with Crippen molar-refractivity contribution in [3.63, 3.8) is 0 Å². The number of sulfonamides is 1. The van der Waals surface area contributed by atoms with Gasteiger partial charge in [-0.25, -0.2) is 8.42 Å². The Kier molecular flexibility index (Phi) is 6.43. The third-order valence-corrected chi connectivity index (χ3v) is 7.66. The smallest absolute Gasteiger partial charge is 0.322 e. The number of carbonyl (C=O) groups is 1. The van der Waals surface area contributed by atoms with E-state index in [1.165, 1.54) is 28.6 Å². The van der Waals surface area contributed by atoms with Crippen LogP contribution in [0.5, 0.6) is 5.75 Å². The zero-order valence-corrected chi connectivity index (χ0v) is 20.4. The second kappa shape index (κ2) is 9.82. The molecule has 0 atom stereocenters. The molecular weight excluding hydrogens is 480 g/mol. The van der Waals surface area contributed by atoms with Gasteiger partial charge in [0.1, 0.15) is 5.75 Å². The minimum atomic E-state index is -3.76. The Labute approximate surface area is 208 Å². The van der Waals surface area contributed by atoms with Gasteiger partial charge in [-0.05, 0) is 79.9 Å². The summed E-state index contributed by atoms with van der Waals surface area (Å²) in [4.78, 5) is 12.8. The van der Waals surface area contributed by atoms with Crippen molar-refractivity contribution in [1.29, 1.82) is 0 Å². The SMILES string of the molecule is CCOc1ccc(-c2nnc(NC(=O)c3ccc(S(=O)(=O)N4CCCc5ccccc54)cc3)o2)cc1. The Morgan fingerprint density at radius 2 is 1.78 bits per heavy atom. The first-order chi connectivity index (χ1) is 17.5. The third-order valence-electron chi connectivity index (χ3n) is 5.83. The average Bonchev–Trinajstić information content (AvgIpc) is 3.37. The van der Waals surface area contributed by atoms with E-state index in [4.69, 9.17) is 9.15 Å². The van der Waals surface area contributed by atoms with Crippen LogP contribution in [0.1, 0.15) is 29.3 Å². The Hall–Kier alpha value is -4.18. The van der Waals surface area contributed by atoms with E-state index in [9.17, 15) is 13.2 Å². The van der Waals surface area contributed by atoms with Gasteiger partial charge in [0.15, 0.2) is 0 Å². The van der Waals surface area contributed by atoms with Crippen molar-refractivity contribution in [2.45, 2.75) is 24.7 Å². The van der Waals surface area contributed by atoms with Crippen LogP contribution in [0, 0.1) is 0 Å². The summed E-state index contributed by atoms with van der Waals surface area (Å²) in [6.07, 6.45) is 1.59. The van der Waals surface area contributed by atoms with E-state index in [1.807, 2.05) is 31.2 Å². The van der Waals surface area contributed by atoms with Crippen LogP contribution in [0.15, 0.2) is 82.1 Å². The number of carbonyl (C=O) groups excluding carboxylic acids is 1. The predicted molar refractivity (Wildman–Crippen MR) is 135 cm³/mol. The number of amides is 1. The zero-order chi connectivity index (χ0) is 25.1. The molecule has 0 saturated carbocycles. The molecule has 10 heteroatoms. The molecule has 0 bridgehead atoms. The number of nitrogens with one attached hydrogen (secondary N) is 1. The van der Waals surface area contributed by atoms with Crippen LogP contribution in [-0.2, 0) is 16.4 Å². The highest BCUT2D eigenvalue weighted by Crippen LogP contribution is 2.32. The summed E-state index contributed by atoms with van der Waals surface area (Å²) in [5, 5.41) is 10.4. The molecule has 1 aliphatic rings. The monoisotopic (exact) mass is 504 g/mol. The van der Waals surface area contributed by atoms with E-state index in [1.54, 1.807) is 24.3 Å². The number of aryl methyl sites for hydroxylation is 1. The van der Waals surface area contributed by atoms with Gasteiger partial charge >= 0.3 is 6.01 Å². The number of hydrogen-bond donors (Lipinski definition) is 1. The summed E-state index contributed by atoms with van der Waals surface area (Å²) in [7, 11) is -3.76. The summed E-state index contributed by atoms with van der Waals surface area (Å²) in [6, 6.07) is 20.4. The first-order valence-corrected chi connectivity index (χ1v) is 13.0. The van der Waals surface area contributed by atoms with Crippen molar-refractivity contribution in [3.05, 3.63) is 83.9 Å². The Balaban J connectivity index is 1.29. The molecule has 2 heterocycles. The van der Waals surface area contributed by atoms with Gasteiger partial charge in [-0.1, -0.05) is 23.3 Å². The highest BCUT2D eigenvalue weighted by Gasteiger charge is 2.29. The second-order valence-corrected chi connectivity index (χ2v) is 10.0. The van der Waals surface area contributed by atoms with E-state index in [0.717, 1.165) is 24.2 Å². The summed E-state index contributed by atoms with van der Waals surface area (Å²) < 4.78 is 39.0. The van der Waals surface area contributed by atoms with E-state index < -0.39 is 15.9 Å². The number of rotatable bonds is 7. The molecule has 0 spiro atoms. The van der Waals surface area contributed by atoms with Crippen molar-refractivity contribution in [2.24, 2.45) is 0 Å². The van der Waals surface area contributed by atoms with Gasteiger partial charge in [-0.2, -0.15) is 0 Å². The molecule has 1 amide bonds. The third kappa shape index (κ3) is 4.67. The van der Waals surface area contributed by atoms with Crippen LogP contribution >= 0.6 is 0 Å². The molecule has 5 rings (SSSR count). The van der Waals surface area contributed by atoms with Crippen molar-refractivity contribution >= 4 is 27.6 Å². The molecule has 3 aromatic carbocycles. The standard InChI is InChI=1S/C26H24N4O5S/c1-2-34-21-13-9-20(10-14-21)25-28-29-26(35-25)27-24(31)19-11-15-22(16-12-19)36(32,33)30-17-5-7-18-6-3-4-8-23(18)30/h3-4,6,8-16H,2,5,7,17H2,1H3,(H,27,29,31). The van der Waals surface area contributed by atoms with Crippen molar-refractivity contribution in [3.8, 4) is 17.2 Å². The van der Waals surface area contributed by atoms with Gasteiger partial charge < -0.3 is 9.15 Å². The van der Waals surface area contributed by atoms with Crippen LogP contribution in [0.2, 0.25) is 0 Å². The maximum Gasteiger partial charge on any atom is 0.322 e. The van der Waals surface area contributed by atoms with E-state index in [-0.39, 0.29) is 22.4 Å². The van der Waals surface area contributed by atoms with Gasteiger partial charge in [0.2, 0.25) is 5.89 Å². The van der Waals surface area contributed by atoms with Crippen LogP contribution in [0.3, 0.4) is 0 Å². The highest BCUT2D eigenvalue weighted by atomic mass is 32.2. The lowest BCUT2D eigenvalue weighted by Crippen LogP contribution is -2.35. The van der Waals surface area contributed by atoms with Gasteiger partial charge in [0.25, 0.3) is 15.9 Å². The van der Waals surface area contributed by atoms with Crippen molar-refractivity contribution in [1.82, 2.24) is 10.2 Å². The molecule has 0 fully saturated rings. The molecule has 0 unspecified atom stereocenters. The Bertz CT molecular complexity index is 1480. The topological polar surface area (TPSA) is 115 Å². The zero-order valence-electron chi connectivity index (χ0n) is 19.5. The Morgan fingerprint density at radius 1 is 1.03 bits per heavy atom. The van der Waals surface area contributed by atoms with Gasteiger partial charge in [0.05, 0.1) is 17.2 Å². The van der Waals surface area contributed by atoms with E-state index in [0.29, 0.717) is 24.4 Å². The van der Waals surface area contributed by atoms with Crippen LogP contribution < -0.4 is 14.4 Å². The van der Waals surface area contributed by atoms with Gasteiger partial charge in [0, 0.05) is 17.7 Å². The van der Waals surface area contributed by atoms with Crippen LogP contribution in [0.25, 0.3) is 11.5 Å². The Morgan fingerprint density at radius 3 is 2.53 bits per heavy atom. The number of para-hydroxylation sites is 1. The van der Waals surface area contributed by atoms with Gasteiger partial charge in [-0.15, -0.1) is 5.10 Å². The molecule has 4 aromatic rings. The number of ether oxygens (including phenoxy) is 1. The molecule has 1 N–H and O–H groups in total. The minimum Gasteiger partial charge on any atom is -0.494 e. The molecule has 9 nitrogen and oxygen atoms in total. The van der Waals surface area contributed by atoms with Gasteiger partial charge in [-0.3, -0.25) is 14.4 Å². The fourth-order valence-corrected chi connectivity index (χ4v) is 5.62. The number of hydrogen-bond acceptors (Lipinski definition) is 7. The minimum absolute atomic E-state index is 0.0643. The maximum absolute atomic E-state index is 13.3. The molecule has 0 aliphatic carbocycles. The first-order valence-electron chi connectivity index (χ1n) is 11.5. The number of benzene rings is 3. The molecule has 1 aliphatic heterocycles. The lowest BCUT2D eigenvalue weighted by Gasteiger charge is -2.30. The largest absolute Gasteiger partial charge is 0.494 e. The maximum atomic E-state index is 13.3. The summed E-state index contributed by atoms with van der Waals surface area (Å²) >= 11 is 0. The second-order valence-electron chi connectivity index (χ2n) is 8.16.